The van der Waals surface area contributed by atoms with Crippen molar-refractivity contribution in [1.29, 1.82) is 0 Å². The second kappa shape index (κ2) is 8.27. The van der Waals surface area contributed by atoms with Gasteiger partial charge in [0, 0.05) is 36.0 Å². The minimum Gasteiger partial charge on any atom is -0.354 e. The maximum Gasteiger partial charge on any atom is 0.220 e. The number of imidazole rings is 1. The van der Waals surface area contributed by atoms with Crippen LogP contribution in [0.5, 0.6) is 0 Å². The molecule has 26 heavy (non-hydrogen) atoms. The van der Waals surface area contributed by atoms with Crippen molar-refractivity contribution in [2.24, 2.45) is 0 Å². The van der Waals surface area contributed by atoms with Crippen molar-refractivity contribution >= 4 is 38.7 Å². The van der Waals surface area contributed by atoms with Gasteiger partial charge in [-0.2, -0.15) is 0 Å². The Kier molecular flexibility index (Phi) is 5.83. The molecule has 0 aliphatic heterocycles. The van der Waals surface area contributed by atoms with Crippen LogP contribution in [0.25, 0.3) is 11.0 Å². The molecule has 134 valence electrons. The van der Waals surface area contributed by atoms with Crippen LogP contribution in [0.4, 0.5) is 0 Å². The molecule has 0 fully saturated rings. The molecule has 6 heteroatoms. The number of benzene rings is 2. The van der Waals surface area contributed by atoms with Crippen molar-refractivity contribution in [2.45, 2.75) is 26.3 Å². The molecular weight excluding hydrogens is 394 g/mol. The minimum atomic E-state index is -0.113. The number of ketones is 1. The van der Waals surface area contributed by atoms with Gasteiger partial charge in [-0.25, -0.2) is 4.98 Å². The molecule has 0 aliphatic rings. The van der Waals surface area contributed by atoms with E-state index in [0.717, 1.165) is 21.3 Å². The summed E-state index contributed by atoms with van der Waals surface area (Å²) in [6.07, 6.45) is 0.402. The molecule has 0 unspecified atom stereocenters. The Hall–Kier alpha value is -2.47. The second-order valence-corrected chi connectivity index (χ2v) is 7.00. The summed E-state index contributed by atoms with van der Waals surface area (Å²) in [6.45, 7) is 3.12. The number of carbonyl (C=O) groups excluding carboxylic acids is 2. The van der Waals surface area contributed by atoms with Crippen molar-refractivity contribution in [3.05, 3.63) is 64.4 Å². The molecule has 0 spiro atoms. The molecule has 0 radical (unpaired) electrons. The fourth-order valence-electron chi connectivity index (χ4n) is 2.88. The lowest BCUT2D eigenvalue weighted by Crippen LogP contribution is -2.27. The van der Waals surface area contributed by atoms with Crippen LogP contribution in [0.3, 0.4) is 0 Å². The number of amides is 1. The average Bonchev–Trinajstić information content (AvgIpc) is 2.96. The first-order valence-electron chi connectivity index (χ1n) is 8.52. The van der Waals surface area contributed by atoms with Crippen LogP contribution in [0, 0.1) is 6.92 Å². The summed E-state index contributed by atoms with van der Waals surface area (Å²) in [4.78, 5) is 28.6. The maximum atomic E-state index is 12.1. The molecule has 1 aromatic heterocycles. The van der Waals surface area contributed by atoms with Crippen LogP contribution >= 0.6 is 15.9 Å². The van der Waals surface area contributed by atoms with Crippen molar-refractivity contribution in [3.8, 4) is 0 Å². The third kappa shape index (κ3) is 4.38. The second-order valence-electron chi connectivity index (χ2n) is 6.08. The summed E-state index contributed by atoms with van der Waals surface area (Å²) < 4.78 is 3.01. The van der Waals surface area contributed by atoms with Gasteiger partial charge in [0.15, 0.2) is 5.78 Å². The highest BCUT2D eigenvalue weighted by molar-refractivity contribution is 9.10. The van der Waals surface area contributed by atoms with Gasteiger partial charge in [0.2, 0.25) is 5.91 Å². The number of carbonyl (C=O) groups is 2. The van der Waals surface area contributed by atoms with Crippen LogP contribution in [0.1, 0.15) is 29.0 Å². The molecule has 0 atom stereocenters. The summed E-state index contributed by atoms with van der Waals surface area (Å²) in [5, 5.41) is 2.88. The molecule has 0 saturated carbocycles. The van der Waals surface area contributed by atoms with E-state index in [2.05, 4.69) is 30.8 Å². The van der Waals surface area contributed by atoms with Crippen LogP contribution in [0.15, 0.2) is 53.0 Å². The number of hydrogen-bond acceptors (Lipinski definition) is 3. The Morgan fingerprint density at radius 2 is 1.81 bits per heavy atom. The lowest BCUT2D eigenvalue weighted by atomic mass is 10.1. The topological polar surface area (TPSA) is 64.0 Å². The largest absolute Gasteiger partial charge is 0.354 e. The highest BCUT2D eigenvalue weighted by Crippen LogP contribution is 2.15. The number of halogens is 1. The molecule has 0 saturated heterocycles. The third-order valence-corrected chi connectivity index (χ3v) is 4.78. The number of aryl methyl sites for hydroxylation is 1. The molecule has 1 N–H and O–H groups in total. The monoisotopic (exact) mass is 413 g/mol. The van der Waals surface area contributed by atoms with Crippen LogP contribution in [-0.4, -0.2) is 27.8 Å². The van der Waals surface area contributed by atoms with Crippen molar-refractivity contribution in [2.75, 3.05) is 6.54 Å². The zero-order valence-corrected chi connectivity index (χ0v) is 16.1. The molecule has 2 aromatic carbocycles. The van der Waals surface area contributed by atoms with Crippen molar-refractivity contribution < 1.29 is 9.59 Å². The Morgan fingerprint density at radius 1 is 1.08 bits per heavy atom. The molecule has 1 amide bonds. The predicted octanol–water partition coefficient (Wildman–Crippen LogP) is 3.89. The first-order valence-corrected chi connectivity index (χ1v) is 9.31. The smallest absolute Gasteiger partial charge is 0.220 e. The maximum absolute atomic E-state index is 12.1. The normalized spacial score (nSPS) is 10.8. The summed E-state index contributed by atoms with van der Waals surface area (Å²) >= 11 is 3.34. The summed E-state index contributed by atoms with van der Waals surface area (Å²) in [5.74, 6) is 0.785. The van der Waals surface area contributed by atoms with Crippen molar-refractivity contribution in [1.82, 2.24) is 14.9 Å². The van der Waals surface area contributed by atoms with Crippen LogP contribution < -0.4 is 5.32 Å². The summed E-state index contributed by atoms with van der Waals surface area (Å²) in [7, 11) is 0. The molecular formula is C20H20BrN3O2. The zero-order valence-electron chi connectivity index (χ0n) is 14.5. The SMILES string of the molecule is Cc1nc2ccccc2n1CCNC(=O)CCC(=O)c1ccc(Br)cc1. The lowest BCUT2D eigenvalue weighted by molar-refractivity contribution is -0.121. The van der Waals surface area contributed by atoms with E-state index in [4.69, 9.17) is 0 Å². The lowest BCUT2D eigenvalue weighted by Gasteiger charge is -2.08. The quantitative estimate of drug-likeness (QED) is 0.597. The number of hydrogen-bond donors (Lipinski definition) is 1. The first-order chi connectivity index (χ1) is 12.5. The Bertz CT molecular complexity index is 932. The van der Waals surface area contributed by atoms with Crippen LogP contribution in [0.2, 0.25) is 0 Å². The van der Waals surface area contributed by atoms with E-state index in [0.29, 0.717) is 18.7 Å². The number of nitrogens with one attached hydrogen (secondary N) is 1. The van der Waals surface area contributed by atoms with Gasteiger partial charge in [0.25, 0.3) is 0 Å². The highest BCUT2D eigenvalue weighted by atomic mass is 79.9. The van der Waals surface area contributed by atoms with Gasteiger partial charge in [-0.15, -0.1) is 0 Å². The third-order valence-electron chi connectivity index (χ3n) is 4.25. The van der Waals surface area contributed by atoms with Gasteiger partial charge >= 0.3 is 0 Å². The fraction of sp³-hybridized carbons (Fsp3) is 0.250. The van der Waals surface area contributed by atoms with E-state index in [9.17, 15) is 9.59 Å². The highest BCUT2D eigenvalue weighted by Gasteiger charge is 2.10. The number of nitrogens with zero attached hydrogens (tertiary/aromatic N) is 2. The predicted molar refractivity (Wildman–Crippen MR) is 105 cm³/mol. The van der Waals surface area contributed by atoms with Crippen molar-refractivity contribution in [3.63, 3.8) is 0 Å². The summed E-state index contributed by atoms with van der Waals surface area (Å²) in [6, 6.07) is 15.1. The number of Topliss-reactive ketones (excluding diaryl/α,β-unsaturated/α-hetero) is 1. The molecule has 0 bridgehead atoms. The molecule has 3 rings (SSSR count). The van der Waals surface area contributed by atoms with E-state index in [1.54, 1.807) is 12.1 Å². The van der Waals surface area contributed by atoms with Gasteiger partial charge in [-0.1, -0.05) is 40.2 Å². The van der Waals surface area contributed by atoms with E-state index >= 15 is 0 Å². The Balaban J connectivity index is 1.47. The van der Waals surface area contributed by atoms with Gasteiger partial charge in [0.05, 0.1) is 11.0 Å². The summed E-state index contributed by atoms with van der Waals surface area (Å²) in [5.41, 5.74) is 2.64. The van der Waals surface area contributed by atoms with Gasteiger partial charge in [-0.3, -0.25) is 9.59 Å². The van der Waals surface area contributed by atoms with Gasteiger partial charge < -0.3 is 9.88 Å². The number of para-hydroxylation sites is 2. The van der Waals surface area contributed by atoms with Crippen LogP contribution in [-0.2, 0) is 11.3 Å². The first kappa shape index (κ1) is 18.3. The molecule has 3 aromatic rings. The number of rotatable bonds is 7. The Morgan fingerprint density at radius 3 is 2.58 bits per heavy atom. The number of aromatic nitrogens is 2. The number of fused-ring (bicyclic) bond motifs is 1. The fourth-order valence-corrected chi connectivity index (χ4v) is 3.15. The standard InChI is InChI=1S/C20H20BrN3O2/c1-14-23-17-4-2-3-5-18(17)24(14)13-12-22-20(26)11-10-19(25)15-6-8-16(21)9-7-15/h2-9H,10-13H2,1H3,(H,22,26). The van der Waals surface area contributed by atoms with E-state index < -0.39 is 0 Å². The molecule has 1 heterocycles. The van der Waals surface area contributed by atoms with E-state index in [-0.39, 0.29) is 24.5 Å². The van der Waals surface area contributed by atoms with E-state index in [1.165, 1.54) is 0 Å². The average molecular weight is 414 g/mol. The van der Waals surface area contributed by atoms with Gasteiger partial charge in [0.1, 0.15) is 5.82 Å². The minimum absolute atomic E-state index is 0.0240. The zero-order chi connectivity index (χ0) is 18.5. The Labute approximate surface area is 160 Å². The van der Waals surface area contributed by atoms with E-state index in [1.807, 2.05) is 43.3 Å². The molecule has 0 aliphatic carbocycles. The van der Waals surface area contributed by atoms with Gasteiger partial charge in [-0.05, 0) is 31.2 Å². The molecule has 5 nitrogen and oxygen atoms in total.